The van der Waals surface area contributed by atoms with Crippen LogP contribution >= 0.6 is 0 Å². The molecule has 0 aliphatic heterocycles. The summed E-state index contributed by atoms with van der Waals surface area (Å²) in [6.45, 7) is 0. The Hall–Kier alpha value is -3.68. The summed E-state index contributed by atoms with van der Waals surface area (Å²) in [5, 5.41) is 15.6. The lowest BCUT2D eigenvalue weighted by molar-refractivity contribution is 1.13. The Morgan fingerprint density at radius 1 is 0.643 bits per heavy atom. The lowest BCUT2D eigenvalue weighted by atomic mass is 10.2. The summed E-state index contributed by atoms with van der Waals surface area (Å²) in [6, 6.07) is 15.7. The second kappa shape index (κ2) is 9.86. The van der Waals surface area contributed by atoms with Crippen LogP contribution in [0, 0.1) is 0 Å². The second-order valence-electron chi connectivity index (χ2n) is 6.43. The molecule has 0 saturated carbocycles. The number of nitrogens with zero attached hydrogens (tertiary/aromatic N) is 6. The second-order valence-corrected chi connectivity index (χ2v) is 6.43. The van der Waals surface area contributed by atoms with Crippen LogP contribution < -0.4 is 21.3 Å². The third-order valence-electron chi connectivity index (χ3n) is 3.83. The highest BCUT2D eigenvalue weighted by atomic mass is 15.3. The predicted molar refractivity (Wildman–Crippen MR) is 120 cm³/mol. The minimum Gasteiger partial charge on any atom is -0.379 e. The summed E-state index contributed by atoms with van der Waals surface area (Å²) in [5.74, 6) is 0.00235. The molecule has 0 fully saturated rings. The van der Waals surface area contributed by atoms with E-state index in [0.29, 0.717) is 0 Å². The van der Waals surface area contributed by atoms with Crippen molar-refractivity contribution in [2.75, 3.05) is 38.0 Å². The van der Waals surface area contributed by atoms with Gasteiger partial charge < -0.3 is 21.3 Å². The molecule has 0 amide bonds. The van der Waals surface area contributed by atoms with Gasteiger partial charge in [-0.3, -0.25) is 0 Å². The Bertz CT molecular complexity index is 800. The van der Waals surface area contributed by atoms with E-state index in [1.54, 1.807) is 12.4 Å². The van der Waals surface area contributed by atoms with E-state index in [0.717, 1.165) is 22.5 Å². The molecule has 146 valence electrons. The molecule has 0 aliphatic rings. The van der Waals surface area contributed by atoms with Gasteiger partial charge in [-0.05, 0) is 35.4 Å². The van der Waals surface area contributed by atoms with Gasteiger partial charge in [0.2, 0.25) is 0 Å². The molecule has 0 saturated heterocycles. The molecule has 0 aromatic heterocycles. The SMILES string of the molecule is CN(C)c1ccc(\C=N/N=C(N)/C(N)=N/N=C\c2ccc(N(C)C)cc2)cc1. The Morgan fingerprint density at radius 3 is 1.25 bits per heavy atom. The summed E-state index contributed by atoms with van der Waals surface area (Å²) < 4.78 is 0. The Kier molecular flexibility index (Phi) is 7.27. The summed E-state index contributed by atoms with van der Waals surface area (Å²) >= 11 is 0. The van der Waals surface area contributed by atoms with Crippen molar-refractivity contribution >= 4 is 35.5 Å². The Labute approximate surface area is 165 Å². The van der Waals surface area contributed by atoms with E-state index in [2.05, 4.69) is 20.4 Å². The summed E-state index contributed by atoms with van der Waals surface area (Å²) in [6.07, 6.45) is 3.18. The zero-order valence-electron chi connectivity index (χ0n) is 16.6. The van der Waals surface area contributed by atoms with Gasteiger partial charge in [0, 0.05) is 39.6 Å². The number of rotatable bonds is 6. The van der Waals surface area contributed by atoms with Crippen LogP contribution in [0.5, 0.6) is 0 Å². The van der Waals surface area contributed by atoms with Crippen molar-refractivity contribution in [1.29, 1.82) is 0 Å². The van der Waals surface area contributed by atoms with Gasteiger partial charge >= 0.3 is 0 Å². The quantitative estimate of drug-likeness (QED) is 0.455. The van der Waals surface area contributed by atoms with Crippen LogP contribution in [0.1, 0.15) is 11.1 Å². The first-order valence-electron chi connectivity index (χ1n) is 8.65. The topological polar surface area (TPSA) is 108 Å². The number of amidine groups is 2. The average Bonchev–Trinajstić information content (AvgIpc) is 2.68. The van der Waals surface area contributed by atoms with Crippen LogP contribution in [0.2, 0.25) is 0 Å². The van der Waals surface area contributed by atoms with Crippen LogP contribution in [0.4, 0.5) is 11.4 Å². The first kappa shape index (κ1) is 20.6. The smallest absolute Gasteiger partial charge is 0.190 e. The summed E-state index contributed by atoms with van der Waals surface area (Å²) in [4.78, 5) is 4.04. The van der Waals surface area contributed by atoms with E-state index in [4.69, 9.17) is 11.5 Å². The van der Waals surface area contributed by atoms with Gasteiger partial charge in [0.05, 0.1) is 12.4 Å². The number of hydrogen-bond donors (Lipinski definition) is 2. The molecule has 0 bridgehead atoms. The molecule has 0 spiro atoms. The Balaban J connectivity index is 1.97. The standard InChI is InChI=1S/C20H26N8/c1-27(2)17-9-5-15(6-10-17)13-23-25-19(21)20(22)26-24-14-16-7-11-18(12-8-16)28(3)4/h5-14H,1-4H3,(H2,21,25)(H2,22,26)/b23-13-,24-14-. The molecule has 2 aromatic carbocycles. The molecule has 4 N–H and O–H groups in total. The van der Waals surface area contributed by atoms with Gasteiger partial charge in [-0.25, -0.2) is 0 Å². The molecular formula is C20H26N8. The van der Waals surface area contributed by atoms with Gasteiger partial charge in [-0.1, -0.05) is 24.3 Å². The van der Waals surface area contributed by atoms with Gasteiger partial charge in [0.1, 0.15) is 0 Å². The fourth-order valence-electron chi connectivity index (χ4n) is 2.13. The van der Waals surface area contributed by atoms with Gasteiger partial charge in [-0.15, -0.1) is 10.2 Å². The molecule has 8 nitrogen and oxygen atoms in total. The third kappa shape index (κ3) is 6.24. The first-order valence-corrected chi connectivity index (χ1v) is 8.65. The fourth-order valence-corrected chi connectivity index (χ4v) is 2.13. The maximum Gasteiger partial charge on any atom is 0.190 e. The lowest BCUT2D eigenvalue weighted by Crippen LogP contribution is -2.30. The van der Waals surface area contributed by atoms with Crippen molar-refractivity contribution < 1.29 is 0 Å². The number of anilines is 2. The lowest BCUT2D eigenvalue weighted by Gasteiger charge is -2.11. The summed E-state index contributed by atoms with van der Waals surface area (Å²) in [5.41, 5.74) is 15.5. The maximum absolute atomic E-state index is 5.77. The minimum atomic E-state index is 0.00117. The largest absolute Gasteiger partial charge is 0.379 e. The van der Waals surface area contributed by atoms with E-state index in [-0.39, 0.29) is 11.7 Å². The Morgan fingerprint density at radius 2 is 0.964 bits per heavy atom. The van der Waals surface area contributed by atoms with Crippen LogP contribution in [0.15, 0.2) is 68.9 Å². The fraction of sp³-hybridized carbons (Fsp3) is 0.200. The van der Waals surface area contributed by atoms with E-state index < -0.39 is 0 Å². The maximum atomic E-state index is 5.77. The number of nitrogens with two attached hydrogens (primary N) is 2. The van der Waals surface area contributed by atoms with Gasteiger partial charge in [-0.2, -0.15) is 10.2 Å². The highest BCUT2D eigenvalue weighted by molar-refractivity contribution is 6.39. The molecule has 28 heavy (non-hydrogen) atoms. The molecule has 0 unspecified atom stereocenters. The number of hydrogen-bond acceptors (Lipinski definition) is 6. The molecule has 2 rings (SSSR count). The van der Waals surface area contributed by atoms with E-state index in [9.17, 15) is 0 Å². The minimum absolute atomic E-state index is 0.00117. The van der Waals surface area contributed by atoms with E-state index >= 15 is 0 Å². The van der Waals surface area contributed by atoms with Crippen molar-refractivity contribution in [3.63, 3.8) is 0 Å². The predicted octanol–water partition coefficient (Wildman–Crippen LogP) is 1.90. The molecule has 0 radical (unpaired) electrons. The molecule has 8 heteroatoms. The van der Waals surface area contributed by atoms with Crippen molar-refractivity contribution in [3.8, 4) is 0 Å². The number of benzene rings is 2. The third-order valence-corrected chi connectivity index (χ3v) is 3.83. The molecule has 0 aliphatic carbocycles. The van der Waals surface area contributed by atoms with Crippen LogP contribution in [-0.2, 0) is 0 Å². The van der Waals surface area contributed by atoms with Crippen LogP contribution in [-0.4, -0.2) is 52.3 Å². The zero-order valence-corrected chi connectivity index (χ0v) is 16.6. The first-order chi connectivity index (χ1) is 13.4. The van der Waals surface area contributed by atoms with Gasteiger partial charge in [0.25, 0.3) is 0 Å². The molecule has 2 aromatic rings. The van der Waals surface area contributed by atoms with Gasteiger partial charge in [0.15, 0.2) is 11.7 Å². The monoisotopic (exact) mass is 378 g/mol. The average molecular weight is 378 g/mol. The zero-order chi connectivity index (χ0) is 20.5. The van der Waals surface area contributed by atoms with E-state index in [1.807, 2.05) is 86.5 Å². The van der Waals surface area contributed by atoms with Crippen molar-refractivity contribution in [2.24, 2.45) is 31.9 Å². The highest BCUT2D eigenvalue weighted by Crippen LogP contribution is 2.11. The normalized spacial score (nSPS) is 12.7. The van der Waals surface area contributed by atoms with Crippen molar-refractivity contribution in [1.82, 2.24) is 0 Å². The highest BCUT2D eigenvalue weighted by Gasteiger charge is 1.98. The molecular weight excluding hydrogens is 352 g/mol. The summed E-state index contributed by atoms with van der Waals surface area (Å²) in [7, 11) is 7.93. The molecule has 0 heterocycles. The van der Waals surface area contributed by atoms with Crippen LogP contribution in [0.3, 0.4) is 0 Å². The van der Waals surface area contributed by atoms with E-state index in [1.165, 1.54) is 0 Å². The molecule has 0 atom stereocenters. The van der Waals surface area contributed by atoms with Crippen molar-refractivity contribution in [3.05, 3.63) is 59.7 Å². The van der Waals surface area contributed by atoms with Crippen molar-refractivity contribution in [2.45, 2.75) is 0 Å². The van der Waals surface area contributed by atoms with Crippen LogP contribution in [0.25, 0.3) is 0 Å².